The Morgan fingerprint density at radius 3 is 1.03 bits per heavy atom. The topological polar surface area (TPSA) is 6.48 Å². The first-order valence-electron chi connectivity index (χ1n) is 41.6. The van der Waals surface area contributed by atoms with Crippen molar-refractivity contribution < 1.29 is 0 Å². The van der Waals surface area contributed by atoms with Crippen LogP contribution >= 0.6 is 0 Å². The predicted octanol–water partition coefficient (Wildman–Crippen LogP) is 29.0. The third-order valence-electron chi connectivity index (χ3n) is 27.6. The van der Waals surface area contributed by atoms with Crippen molar-refractivity contribution in [3.8, 4) is 0 Å². The largest absolute Gasteiger partial charge is 0.313 e. The summed E-state index contributed by atoms with van der Waals surface area (Å²) in [6.45, 7) is 15.0. The molecule has 0 N–H and O–H groups in total. The van der Waals surface area contributed by atoms with E-state index in [0.717, 1.165) is 18.3 Å². The van der Waals surface area contributed by atoms with E-state index in [4.69, 9.17) is 0 Å². The molecule has 0 heterocycles. The number of fused-ring (bicyclic) bond motifs is 2. The van der Waals surface area contributed by atoms with Crippen molar-refractivity contribution in [2.75, 3.05) is 9.80 Å². The van der Waals surface area contributed by atoms with E-state index in [9.17, 15) is 0 Å². The van der Waals surface area contributed by atoms with Gasteiger partial charge in [0.15, 0.2) is 0 Å². The highest BCUT2D eigenvalue weighted by Crippen LogP contribution is 2.56. The standard InChI is InChI=1S/C94H128N2/c1-93(2,3)81-47-49-87-89(63-81)91(95(83-55-73(65-31-15-7-16-32-65)51-74(56-83)66-33-17-8-18-34-66)84-57-75(67-35-19-9-20-36-67)52-76(58-84)68-37-21-10-22-38-68)88-50-48-82(94(4,5)6)64-90(88)92(87)96(85-59-77(69-39-23-11-24-40-69)53-78(60-85)70-41-25-12-26-42-70)86-61-79(71-43-27-13-28-44-71)54-80(62-86)72-45-29-14-30-46-72/h47-53,55-59,61-72,78-79H,7-46,54,60H2,1-6H3. The lowest BCUT2D eigenvalue weighted by molar-refractivity contribution is 0.271. The van der Waals surface area contributed by atoms with Gasteiger partial charge in [0.1, 0.15) is 0 Å². The van der Waals surface area contributed by atoms with Crippen molar-refractivity contribution >= 4 is 44.3 Å². The number of benzene rings is 5. The predicted molar refractivity (Wildman–Crippen MR) is 414 cm³/mol. The number of hydrogen-bond donors (Lipinski definition) is 0. The lowest BCUT2D eigenvalue weighted by atomic mass is 9.71. The normalized spacial score (nSPS) is 24.6. The molecule has 0 aliphatic heterocycles. The zero-order valence-corrected chi connectivity index (χ0v) is 61.6. The molecular weight excluding hydrogens is 1160 g/mol. The van der Waals surface area contributed by atoms with Gasteiger partial charge in [-0.25, -0.2) is 0 Å². The first-order valence-corrected chi connectivity index (χ1v) is 41.6. The molecule has 0 spiro atoms. The van der Waals surface area contributed by atoms with Crippen molar-refractivity contribution in [1.82, 2.24) is 0 Å². The van der Waals surface area contributed by atoms with E-state index in [-0.39, 0.29) is 10.8 Å². The van der Waals surface area contributed by atoms with Crippen molar-refractivity contribution in [3.05, 3.63) is 153 Å². The summed E-state index contributed by atoms with van der Waals surface area (Å²) >= 11 is 0. The summed E-state index contributed by atoms with van der Waals surface area (Å²) < 4.78 is 0. The van der Waals surface area contributed by atoms with Crippen LogP contribution in [0.2, 0.25) is 0 Å². The van der Waals surface area contributed by atoms with Gasteiger partial charge >= 0.3 is 0 Å². The smallest absolute Gasteiger partial charge is 0.0620 e. The zero-order valence-electron chi connectivity index (χ0n) is 61.6. The Kier molecular flexibility index (Phi) is 20.8. The van der Waals surface area contributed by atoms with Crippen molar-refractivity contribution in [3.63, 3.8) is 0 Å². The van der Waals surface area contributed by atoms with Gasteiger partial charge in [-0.3, -0.25) is 0 Å². The molecule has 15 rings (SSSR count). The number of hydrogen-bond acceptors (Lipinski definition) is 2. The second-order valence-electron chi connectivity index (χ2n) is 36.3. The van der Waals surface area contributed by atoms with Crippen LogP contribution in [0.1, 0.15) is 368 Å². The molecular formula is C94H128N2. The van der Waals surface area contributed by atoms with Crippen LogP contribution in [0, 0.1) is 35.5 Å². The summed E-state index contributed by atoms with van der Waals surface area (Å²) in [5.74, 6) is 6.46. The second kappa shape index (κ2) is 29.8. The van der Waals surface area contributed by atoms with E-state index in [0.29, 0.717) is 47.3 Å². The highest BCUT2D eigenvalue weighted by atomic mass is 15.2. The first kappa shape index (κ1) is 67.0. The summed E-state index contributed by atoms with van der Waals surface area (Å²) in [7, 11) is 0. The van der Waals surface area contributed by atoms with Crippen LogP contribution in [0.5, 0.6) is 0 Å². The number of rotatable bonds is 14. The molecule has 5 aromatic rings. The molecule has 5 aromatic carbocycles. The third-order valence-corrected chi connectivity index (χ3v) is 27.6. The van der Waals surface area contributed by atoms with Crippen LogP contribution in [0.4, 0.5) is 22.7 Å². The van der Waals surface area contributed by atoms with Gasteiger partial charge in [-0.1, -0.05) is 250 Å². The maximum Gasteiger partial charge on any atom is 0.0620 e. The molecule has 0 saturated heterocycles. The van der Waals surface area contributed by atoms with Crippen molar-refractivity contribution in [1.29, 1.82) is 0 Å². The maximum atomic E-state index is 3.10. The van der Waals surface area contributed by atoms with Crippen molar-refractivity contribution in [2.45, 2.75) is 346 Å². The Balaban J connectivity index is 1.06. The Morgan fingerprint density at radius 1 is 0.302 bits per heavy atom. The number of anilines is 4. The van der Waals surface area contributed by atoms with Gasteiger partial charge in [0.2, 0.25) is 0 Å². The Morgan fingerprint density at radius 2 is 0.646 bits per heavy atom. The van der Waals surface area contributed by atoms with Crippen LogP contribution in [-0.4, -0.2) is 0 Å². The third kappa shape index (κ3) is 14.7. The molecule has 2 atom stereocenters. The monoisotopic (exact) mass is 1290 g/mol. The fraction of sp³-hybridized carbons (Fsp3) is 0.638. The van der Waals surface area contributed by atoms with Gasteiger partial charge in [-0.15, -0.1) is 0 Å². The molecule has 2 heteroatoms. The molecule has 2 nitrogen and oxygen atoms in total. The molecule has 514 valence electrons. The van der Waals surface area contributed by atoms with Gasteiger partial charge in [0.25, 0.3) is 0 Å². The summed E-state index contributed by atoms with van der Waals surface area (Å²) in [6, 6.07) is 33.0. The molecule has 96 heavy (non-hydrogen) atoms. The lowest BCUT2D eigenvalue weighted by Gasteiger charge is -2.42. The maximum absolute atomic E-state index is 3.10. The summed E-state index contributed by atoms with van der Waals surface area (Å²) in [5.41, 5.74) is 21.7. The van der Waals surface area contributed by atoms with Crippen LogP contribution < -0.4 is 9.80 Å². The lowest BCUT2D eigenvalue weighted by Crippen LogP contribution is -2.31. The molecule has 10 aliphatic rings. The van der Waals surface area contributed by atoms with Gasteiger partial charge in [0, 0.05) is 44.3 Å². The summed E-state index contributed by atoms with van der Waals surface area (Å²) in [4.78, 5) is 6.10. The van der Waals surface area contributed by atoms with E-state index >= 15 is 0 Å². The Labute approximate surface area is 584 Å². The van der Waals surface area contributed by atoms with Crippen LogP contribution in [0.25, 0.3) is 21.5 Å². The van der Waals surface area contributed by atoms with Gasteiger partial charge < -0.3 is 9.80 Å². The van der Waals surface area contributed by atoms with E-state index < -0.39 is 0 Å². The molecule has 8 saturated carbocycles. The minimum atomic E-state index is -0.0547. The second-order valence-corrected chi connectivity index (χ2v) is 36.3. The van der Waals surface area contributed by atoms with Crippen LogP contribution in [0.3, 0.4) is 0 Å². The summed E-state index contributed by atoms with van der Waals surface area (Å²) in [5, 5.41) is 5.79. The van der Waals surface area contributed by atoms with Gasteiger partial charge in [-0.2, -0.15) is 0 Å². The van der Waals surface area contributed by atoms with E-state index in [2.05, 4.69) is 148 Å². The first-order chi connectivity index (χ1) is 46.8. The van der Waals surface area contributed by atoms with Gasteiger partial charge in [0.05, 0.1) is 11.4 Å². The molecule has 0 aromatic heterocycles. The highest BCUT2D eigenvalue weighted by Gasteiger charge is 2.39. The van der Waals surface area contributed by atoms with Crippen LogP contribution in [0.15, 0.2) is 120 Å². The number of nitrogens with zero attached hydrogens (tertiary/aromatic N) is 2. The number of allylic oxidation sites excluding steroid dienone is 7. The van der Waals surface area contributed by atoms with E-state index in [1.54, 1.807) is 39.1 Å². The minimum Gasteiger partial charge on any atom is -0.313 e. The van der Waals surface area contributed by atoms with E-state index in [1.165, 1.54) is 324 Å². The average Bonchev–Trinajstić information content (AvgIpc) is 0.712. The molecule has 2 unspecified atom stereocenters. The fourth-order valence-corrected chi connectivity index (χ4v) is 21.9. The minimum absolute atomic E-state index is 0.0506. The fourth-order valence-electron chi connectivity index (χ4n) is 21.9. The molecule has 0 radical (unpaired) electrons. The average molecular weight is 1290 g/mol. The van der Waals surface area contributed by atoms with Gasteiger partial charge in [-0.05, 0) is 273 Å². The highest BCUT2D eigenvalue weighted by molar-refractivity contribution is 6.23. The molecule has 8 fully saturated rings. The van der Waals surface area contributed by atoms with Crippen molar-refractivity contribution in [2.24, 2.45) is 35.5 Å². The summed E-state index contributed by atoms with van der Waals surface area (Å²) in [6.07, 6.45) is 68.8. The SMILES string of the molecule is CC(C)(C)c1ccc2c(N(c3cc(C4CCCCC4)cc(C4CCCCC4)c3)c3cc(C4CCCCC4)cc(C4CCCCC4)c3)c3cc(C(C)(C)C)ccc3c(N(C3=CC(C4CCCCC4)CC(C4CCCCC4)=C3)C3=CC(C4CCCCC4)=CC(C4CCCCC4)C3)c2c1. The molecule has 10 aliphatic carbocycles. The Hall–Kier alpha value is -4.82. The zero-order chi connectivity index (χ0) is 65.3. The van der Waals surface area contributed by atoms with Crippen LogP contribution in [-0.2, 0) is 10.8 Å². The van der Waals surface area contributed by atoms with E-state index in [1.807, 2.05) is 0 Å². The molecule has 0 bridgehead atoms. The quantitative estimate of drug-likeness (QED) is 0.0808. The molecule has 0 amide bonds. The Bertz CT molecular complexity index is 3450.